The van der Waals surface area contributed by atoms with Crippen molar-refractivity contribution in [3.63, 3.8) is 0 Å². The van der Waals surface area contributed by atoms with Crippen LogP contribution in [0.3, 0.4) is 0 Å². The molecule has 0 saturated heterocycles. The lowest BCUT2D eigenvalue weighted by atomic mass is 10.1. The maximum absolute atomic E-state index is 6.15. The smallest absolute Gasteiger partial charge is 0.136 e. The standard InChI is InChI=1S/C13H20IN5/c1-6-18-9(4)11(7(2)16-18)10(5)19-13(15)12(14)8(3)17-19/h10H,6,15H2,1-5H3. The Balaban J connectivity index is 2.52. The van der Waals surface area contributed by atoms with Gasteiger partial charge in [-0.2, -0.15) is 10.2 Å². The van der Waals surface area contributed by atoms with Crippen LogP contribution < -0.4 is 5.73 Å². The van der Waals surface area contributed by atoms with E-state index in [0.717, 1.165) is 27.3 Å². The summed E-state index contributed by atoms with van der Waals surface area (Å²) in [4.78, 5) is 0. The molecular formula is C13H20IN5. The van der Waals surface area contributed by atoms with E-state index in [9.17, 15) is 0 Å². The number of nitrogen functional groups attached to an aromatic ring is 1. The zero-order chi connectivity index (χ0) is 14.3. The van der Waals surface area contributed by atoms with Crippen molar-refractivity contribution in [3.05, 3.63) is 26.2 Å². The van der Waals surface area contributed by atoms with Crippen LogP contribution in [0.4, 0.5) is 5.82 Å². The maximum Gasteiger partial charge on any atom is 0.136 e. The van der Waals surface area contributed by atoms with Crippen LogP contribution >= 0.6 is 22.6 Å². The average Bonchev–Trinajstić information content (AvgIpc) is 2.80. The molecule has 0 aromatic carbocycles. The molecule has 0 radical (unpaired) electrons. The number of hydrogen-bond acceptors (Lipinski definition) is 3. The first kappa shape index (κ1) is 14.4. The number of rotatable bonds is 3. The van der Waals surface area contributed by atoms with Gasteiger partial charge in [-0.05, 0) is 57.2 Å². The molecular weight excluding hydrogens is 353 g/mol. The number of aryl methyl sites for hydroxylation is 3. The third-order valence-electron chi connectivity index (χ3n) is 3.57. The number of anilines is 1. The first-order valence-corrected chi connectivity index (χ1v) is 7.50. The first-order valence-electron chi connectivity index (χ1n) is 6.42. The molecule has 2 aromatic rings. The SMILES string of the molecule is CCn1nc(C)c(C(C)n2nc(C)c(I)c2N)c1C. The molecule has 2 N–H and O–H groups in total. The summed E-state index contributed by atoms with van der Waals surface area (Å²) >= 11 is 2.24. The zero-order valence-electron chi connectivity index (χ0n) is 12.0. The molecule has 2 aromatic heterocycles. The molecule has 0 fully saturated rings. The van der Waals surface area contributed by atoms with Gasteiger partial charge in [-0.25, -0.2) is 4.68 Å². The molecule has 6 heteroatoms. The molecule has 0 aliphatic rings. The summed E-state index contributed by atoms with van der Waals surface area (Å²) in [6.07, 6.45) is 0. The van der Waals surface area contributed by atoms with Crippen molar-refractivity contribution in [1.82, 2.24) is 19.6 Å². The quantitative estimate of drug-likeness (QED) is 0.842. The number of aromatic nitrogens is 4. The molecule has 0 bridgehead atoms. The van der Waals surface area contributed by atoms with Crippen molar-refractivity contribution in [1.29, 1.82) is 0 Å². The number of nitrogens with zero attached hydrogens (tertiary/aromatic N) is 4. The van der Waals surface area contributed by atoms with E-state index in [1.54, 1.807) is 0 Å². The van der Waals surface area contributed by atoms with Gasteiger partial charge < -0.3 is 5.73 Å². The van der Waals surface area contributed by atoms with Crippen LogP contribution in [0, 0.1) is 24.3 Å². The number of hydrogen-bond donors (Lipinski definition) is 1. The van der Waals surface area contributed by atoms with E-state index < -0.39 is 0 Å². The van der Waals surface area contributed by atoms with Crippen LogP contribution in [0.15, 0.2) is 0 Å². The topological polar surface area (TPSA) is 61.7 Å². The van der Waals surface area contributed by atoms with E-state index in [1.807, 2.05) is 23.2 Å². The Labute approximate surface area is 127 Å². The summed E-state index contributed by atoms with van der Waals surface area (Å²) in [7, 11) is 0. The minimum absolute atomic E-state index is 0.0996. The highest BCUT2D eigenvalue weighted by Gasteiger charge is 2.22. The Morgan fingerprint density at radius 1 is 1.21 bits per heavy atom. The highest BCUT2D eigenvalue weighted by molar-refractivity contribution is 14.1. The number of nitrogens with two attached hydrogens (primary N) is 1. The summed E-state index contributed by atoms with van der Waals surface area (Å²) in [6.45, 7) is 11.2. The summed E-state index contributed by atoms with van der Waals surface area (Å²) in [5.41, 5.74) is 10.6. The summed E-state index contributed by atoms with van der Waals surface area (Å²) < 4.78 is 4.95. The molecule has 2 heterocycles. The molecule has 0 amide bonds. The zero-order valence-corrected chi connectivity index (χ0v) is 14.2. The Morgan fingerprint density at radius 2 is 1.84 bits per heavy atom. The normalized spacial score (nSPS) is 12.9. The molecule has 1 unspecified atom stereocenters. The minimum Gasteiger partial charge on any atom is -0.383 e. The van der Waals surface area contributed by atoms with Crippen LogP contribution in [0.1, 0.15) is 42.5 Å². The van der Waals surface area contributed by atoms with Crippen molar-refractivity contribution in [2.75, 3.05) is 5.73 Å². The van der Waals surface area contributed by atoms with Crippen molar-refractivity contribution >= 4 is 28.4 Å². The van der Waals surface area contributed by atoms with Gasteiger partial charge in [-0.3, -0.25) is 4.68 Å². The maximum atomic E-state index is 6.15. The summed E-state index contributed by atoms with van der Waals surface area (Å²) in [5.74, 6) is 0.730. The fourth-order valence-corrected chi connectivity index (χ4v) is 2.94. The lowest BCUT2D eigenvalue weighted by molar-refractivity contribution is 0.561. The summed E-state index contributed by atoms with van der Waals surface area (Å²) in [5, 5.41) is 9.12. The molecule has 0 aliphatic heterocycles. The molecule has 0 saturated carbocycles. The van der Waals surface area contributed by atoms with Crippen LogP contribution in [0.25, 0.3) is 0 Å². The highest BCUT2D eigenvalue weighted by Crippen LogP contribution is 2.29. The van der Waals surface area contributed by atoms with Gasteiger partial charge in [0.25, 0.3) is 0 Å². The van der Waals surface area contributed by atoms with Gasteiger partial charge in [0.15, 0.2) is 0 Å². The monoisotopic (exact) mass is 373 g/mol. The molecule has 5 nitrogen and oxygen atoms in total. The number of halogens is 1. The summed E-state index contributed by atoms with van der Waals surface area (Å²) in [6, 6.07) is 0.0996. The van der Waals surface area contributed by atoms with Crippen molar-refractivity contribution in [2.24, 2.45) is 0 Å². The van der Waals surface area contributed by atoms with Gasteiger partial charge in [0.1, 0.15) is 5.82 Å². The van der Waals surface area contributed by atoms with Crippen LogP contribution in [0.2, 0.25) is 0 Å². The third-order valence-corrected chi connectivity index (χ3v) is 4.90. The third kappa shape index (κ3) is 2.26. The van der Waals surface area contributed by atoms with Gasteiger partial charge in [0.05, 0.1) is 21.0 Å². The predicted molar refractivity (Wildman–Crippen MR) is 85.3 cm³/mol. The molecule has 104 valence electrons. The Hall–Kier alpha value is -1.05. The largest absolute Gasteiger partial charge is 0.383 e. The second-order valence-electron chi connectivity index (χ2n) is 4.81. The van der Waals surface area contributed by atoms with Crippen LogP contribution in [-0.2, 0) is 6.54 Å². The molecule has 2 rings (SSSR count). The van der Waals surface area contributed by atoms with Gasteiger partial charge >= 0.3 is 0 Å². The van der Waals surface area contributed by atoms with Gasteiger partial charge in [0.2, 0.25) is 0 Å². The van der Waals surface area contributed by atoms with Gasteiger partial charge in [0, 0.05) is 17.8 Å². The molecule has 19 heavy (non-hydrogen) atoms. The molecule has 0 spiro atoms. The highest BCUT2D eigenvalue weighted by atomic mass is 127. The molecule has 1 atom stereocenters. The second kappa shape index (κ2) is 5.15. The van der Waals surface area contributed by atoms with Gasteiger partial charge in [-0.15, -0.1) is 0 Å². The fourth-order valence-electron chi connectivity index (χ4n) is 2.59. The van der Waals surface area contributed by atoms with E-state index in [2.05, 4.69) is 53.6 Å². The van der Waals surface area contributed by atoms with E-state index in [-0.39, 0.29) is 6.04 Å². The lowest BCUT2D eigenvalue weighted by Gasteiger charge is -2.15. The van der Waals surface area contributed by atoms with Crippen molar-refractivity contribution in [3.8, 4) is 0 Å². The minimum atomic E-state index is 0.0996. The van der Waals surface area contributed by atoms with Crippen LogP contribution in [-0.4, -0.2) is 19.6 Å². The van der Waals surface area contributed by atoms with E-state index in [4.69, 9.17) is 5.73 Å². The molecule has 0 aliphatic carbocycles. The Morgan fingerprint density at radius 3 is 2.26 bits per heavy atom. The van der Waals surface area contributed by atoms with Crippen LogP contribution in [0.5, 0.6) is 0 Å². The fraction of sp³-hybridized carbons (Fsp3) is 0.538. The van der Waals surface area contributed by atoms with E-state index >= 15 is 0 Å². The Kier molecular flexibility index (Phi) is 3.89. The van der Waals surface area contributed by atoms with E-state index in [0.29, 0.717) is 0 Å². The second-order valence-corrected chi connectivity index (χ2v) is 5.88. The lowest BCUT2D eigenvalue weighted by Crippen LogP contribution is -2.13. The average molecular weight is 373 g/mol. The van der Waals surface area contributed by atoms with Crippen molar-refractivity contribution < 1.29 is 0 Å². The Bertz CT molecular complexity index is 611. The van der Waals surface area contributed by atoms with Gasteiger partial charge in [-0.1, -0.05) is 0 Å². The van der Waals surface area contributed by atoms with E-state index in [1.165, 1.54) is 11.3 Å². The predicted octanol–water partition coefficient (Wildman–Crippen LogP) is 2.82. The first-order chi connectivity index (χ1) is 8.88. The van der Waals surface area contributed by atoms with Crippen molar-refractivity contribution in [2.45, 2.75) is 47.2 Å².